The number of pyridine rings is 1. The van der Waals surface area contributed by atoms with Gasteiger partial charge in [0, 0.05) is 42.5 Å². The van der Waals surface area contributed by atoms with Crippen molar-refractivity contribution in [3.8, 4) is 0 Å². The number of anilines is 1. The third-order valence-corrected chi connectivity index (χ3v) is 6.25. The van der Waals surface area contributed by atoms with Gasteiger partial charge in [-0.3, -0.25) is 19.9 Å². The third-order valence-electron chi connectivity index (χ3n) is 4.75. The Hall–Kier alpha value is -2.72. The highest BCUT2D eigenvalue weighted by molar-refractivity contribution is 7.13. The van der Waals surface area contributed by atoms with E-state index < -0.39 is 0 Å². The molecule has 0 bridgehead atoms. The first-order valence-corrected chi connectivity index (χ1v) is 10.5. The van der Waals surface area contributed by atoms with Gasteiger partial charge in [-0.15, -0.1) is 16.4 Å². The molecule has 1 N–H and O–H groups in total. The number of aryl methyl sites for hydroxylation is 1. The summed E-state index contributed by atoms with van der Waals surface area (Å²) < 4.78 is 3.84. The molecule has 0 spiro atoms. The molecule has 8 nitrogen and oxygen atoms in total. The highest BCUT2D eigenvalue weighted by Gasteiger charge is 2.27. The third kappa shape index (κ3) is 3.92. The standard InChI is InChI=1S/C18H18N6O2S2/c1-11-15(28-23-22-11)17(26)24-7-4-12(5-8-24)14-3-2-13(10-20-14)16(25)21-18-19-6-9-27-18/h2-3,6,9-10,12H,4-5,7-8H2,1H3,(H,19,21,25). The Labute approximate surface area is 169 Å². The first-order valence-electron chi connectivity index (χ1n) is 8.87. The van der Waals surface area contributed by atoms with Gasteiger partial charge in [0.2, 0.25) is 0 Å². The second-order valence-electron chi connectivity index (χ2n) is 6.52. The monoisotopic (exact) mass is 414 g/mol. The Morgan fingerprint density at radius 2 is 2.04 bits per heavy atom. The lowest BCUT2D eigenvalue weighted by Crippen LogP contribution is -2.38. The largest absolute Gasteiger partial charge is 0.338 e. The van der Waals surface area contributed by atoms with E-state index in [2.05, 4.69) is 24.9 Å². The topological polar surface area (TPSA) is 101 Å². The molecule has 0 atom stereocenters. The average Bonchev–Trinajstić information content (AvgIpc) is 3.39. The molecule has 0 unspecified atom stereocenters. The lowest BCUT2D eigenvalue weighted by molar-refractivity contribution is 0.0715. The summed E-state index contributed by atoms with van der Waals surface area (Å²) in [6.07, 6.45) is 4.93. The van der Waals surface area contributed by atoms with Crippen LogP contribution in [-0.4, -0.2) is 49.4 Å². The molecular weight excluding hydrogens is 396 g/mol. The van der Waals surface area contributed by atoms with Gasteiger partial charge in [0.15, 0.2) is 5.13 Å². The molecule has 3 aromatic rings. The van der Waals surface area contributed by atoms with Crippen LogP contribution in [0.3, 0.4) is 0 Å². The summed E-state index contributed by atoms with van der Waals surface area (Å²) in [6, 6.07) is 3.69. The summed E-state index contributed by atoms with van der Waals surface area (Å²) >= 11 is 2.52. The lowest BCUT2D eigenvalue weighted by Gasteiger charge is -2.31. The van der Waals surface area contributed by atoms with Gasteiger partial charge in [0.05, 0.1) is 11.3 Å². The molecule has 4 rings (SSSR count). The van der Waals surface area contributed by atoms with Crippen molar-refractivity contribution >= 4 is 39.8 Å². The van der Waals surface area contributed by atoms with Gasteiger partial charge in [-0.05, 0) is 43.4 Å². The van der Waals surface area contributed by atoms with Gasteiger partial charge in [-0.2, -0.15) is 0 Å². The van der Waals surface area contributed by atoms with Crippen LogP contribution < -0.4 is 5.32 Å². The Morgan fingerprint density at radius 3 is 2.64 bits per heavy atom. The van der Waals surface area contributed by atoms with Crippen molar-refractivity contribution in [1.82, 2.24) is 24.5 Å². The van der Waals surface area contributed by atoms with E-state index in [0.29, 0.717) is 34.4 Å². The second kappa shape index (κ2) is 8.11. The van der Waals surface area contributed by atoms with Crippen molar-refractivity contribution in [2.45, 2.75) is 25.7 Å². The van der Waals surface area contributed by atoms with Gasteiger partial charge in [-0.25, -0.2) is 4.98 Å². The van der Waals surface area contributed by atoms with E-state index >= 15 is 0 Å². The van der Waals surface area contributed by atoms with Crippen LogP contribution in [0.1, 0.15) is 50.2 Å². The molecular formula is C18H18N6O2S2. The number of carbonyl (C=O) groups excluding carboxylic acids is 2. The number of piperidine rings is 1. The van der Waals surface area contributed by atoms with Crippen LogP contribution in [0.5, 0.6) is 0 Å². The van der Waals surface area contributed by atoms with E-state index in [-0.39, 0.29) is 17.7 Å². The number of rotatable bonds is 4. The van der Waals surface area contributed by atoms with Gasteiger partial charge >= 0.3 is 0 Å². The van der Waals surface area contributed by atoms with Crippen LogP contribution in [-0.2, 0) is 0 Å². The fourth-order valence-electron chi connectivity index (χ4n) is 3.19. The van der Waals surface area contributed by atoms with E-state index in [4.69, 9.17) is 0 Å². The van der Waals surface area contributed by atoms with Gasteiger partial charge < -0.3 is 4.90 Å². The van der Waals surface area contributed by atoms with Gasteiger partial charge in [0.1, 0.15) is 4.88 Å². The zero-order chi connectivity index (χ0) is 19.5. The van der Waals surface area contributed by atoms with Crippen LogP contribution in [0.15, 0.2) is 29.9 Å². The Balaban J connectivity index is 1.35. The van der Waals surface area contributed by atoms with Crippen LogP contribution in [0.2, 0.25) is 0 Å². The number of nitrogens with one attached hydrogen (secondary N) is 1. The quantitative estimate of drug-likeness (QED) is 0.704. The maximum Gasteiger partial charge on any atom is 0.267 e. The maximum absolute atomic E-state index is 12.6. The van der Waals surface area contributed by atoms with Gasteiger partial charge in [0.25, 0.3) is 11.8 Å². The van der Waals surface area contributed by atoms with Gasteiger partial charge in [-0.1, -0.05) is 4.49 Å². The first-order chi connectivity index (χ1) is 13.6. The van der Waals surface area contributed by atoms with Crippen molar-refractivity contribution in [3.05, 3.63) is 51.7 Å². The maximum atomic E-state index is 12.6. The molecule has 0 saturated carbocycles. The normalized spacial score (nSPS) is 14.8. The number of hydrogen-bond acceptors (Lipinski definition) is 8. The molecule has 4 heterocycles. The Bertz CT molecular complexity index is 962. The fourth-order valence-corrected chi connectivity index (χ4v) is 4.33. The minimum Gasteiger partial charge on any atom is -0.338 e. The van der Waals surface area contributed by atoms with Crippen molar-refractivity contribution in [2.75, 3.05) is 18.4 Å². The van der Waals surface area contributed by atoms with Crippen molar-refractivity contribution < 1.29 is 9.59 Å². The van der Waals surface area contributed by atoms with Crippen LogP contribution >= 0.6 is 22.9 Å². The first kappa shape index (κ1) is 18.6. The van der Waals surface area contributed by atoms with E-state index in [1.54, 1.807) is 30.8 Å². The molecule has 144 valence electrons. The molecule has 1 aliphatic rings. The highest BCUT2D eigenvalue weighted by atomic mass is 32.1. The number of thiazole rings is 1. The summed E-state index contributed by atoms with van der Waals surface area (Å²) in [7, 11) is 0. The molecule has 0 aliphatic carbocycles. The van der Waals surface area contributed by atoms with E-state index in [0.717, 1.165) is 30.1 Å². The van der Waals surface area contributed by atoms with Crippen LogP contribution in [0.25, 0.3) is 0 Å². The number of likely N-dealkylation sites (tertiary alicyclic amines) is 1. The molecule has 10 heteroatoms. The zero-order valence-electron chi connectivity index (χ0n) is 15.2. The lowest BCUT2D eigenvalue weighted by atomic mass is 9.92. The molecule has 2 amide bonds. The van der Waals surface area contributed by atoms with Crippen LogP contribution in [0.4, 0.5) is 5.13 Å². The molecule has 1 aliphatic heterocycles. The number of hydrogen-bond donors (Lipinski definition) is 1. The Kier molecular flexibility index (Phi) is 5.40. The van der Waals surface area contributed by atoms with E-state index in [9.17, 15) is 9.59 Å². The smallest absolute Gasteiger partial charge is 0.267 e. The van der Waals surface area contributed by atoms with Crippen molar-refractivity contribution in [1.29, 1.82) is 0 Å². The average molecular weight is 415 g/mol. The number of amides is 2. The molecule has 3 aromatic heterocycles. The summed E-state index contributed by atoms with van der Waals surface area (Å²) in [4.78, 5) is 35.8. The van der Waals surface area contributed by atoms with E-state index in [1.165, 1.54) is 11.3 Å². The minimum absolute atomic E-state index is 0.00751. The van der Waals surface area contributed by atoms with Crippen molar-refractivity contribution in [2.24, 2.45) is 0 Å². The summed E-state index contributed by atoms with van der Waals surface area (Å²) in [5.74, 6) is 0.0665. The summed E-state index contributed by atoms with van der Waals surface area (Å²) in [5.41, 5.74) is 2.14. The van der Waals surface area contributed by atoms with Crippen LogP contribution in [0, 0.1) is 6.92 Å². The van der Waals surface area contributed by atoms with Crippen molar-refractivity contribution in [3.63, 3.8) is 0 Å². The predicted octanol–water partition coefficient (Wildman–Crippen LogP) is 2.97. The molecule has 1 fully saturated rings. The highest BCUT2D eigenvalue weighted by Crippen LogP contribution is 2.28. The number of carbonyl (C=O) groups is 2. The number of aromatic nitrogens is 4. The predicted molar refractivity (Wildman–Crippen MR) is 107 cm³/mol. The second-order valence-corrected chi connectivity index (χ2v) is 8.17. The zero-order valence-corrected chi connectivity index (χ0v) is 16.8. The molecule has 0 radical (unpaired) electrons. The number of nitrogens with zero attached hydrogens (tertiary/aromatic N) is 5. The fraction of sp³-hybridized carbons (Fsp3) is 0.333. The molecule has 0 aromatic carbocycles. The van der Waals surface area contributed by atoms with E-state index in [1.807, 2.05) is 11.0 Å². The molecule has 1 saturated heterocycles. The molecule has 28 heavy (non-hydrogen) atoms. The SMILES string of the molecule is Cc1nnsc1C(=O)N1CCC(c2ccc(C(=O)Nc3nccs3)cn2)CC1. The summed E-state index contributed by atoms with van der Waals surface area (Å²) in [6.45, 7) is 3.16. The minimum atomic E-state index is -0.219. The summed E-state index contributed by atoms with van der Waals surface area (Å²) in [5, 5.41) is 9.04. The Morgan fingerprint density at radius 1 is 1.21 bits per heavy atom.